The van der Waals surface area contributed by atoms with Crippen LogP contribution in [-0.2, 0) is 10.9 Å². The predicted octanol–water partition coefficient (Wildman–Crippen LogP) is 7.05. The summed E-state index contributed by atoms with van der Waals surface area (Å²) in [5.41, 5.74) is 2.96. The molecule has 0 amide bonds. The van der Waals surface area contributed by atoms with E-state index in [4.69, 9.17) is 11.6 Å². The topological polar surface area (TPSA) is 64.1 Å². The molecule has 2 heterocycles. The fourth-order valence-corrected chi connectivity index (χ4v) is 4.41. The second-order valence-electron chi connectivity index (χ2n) is 8.71. The Morgan fingerprint density at radius 1 is 0.947 bits per heavy atom. The molecule has 5 rings (SSSR count). The minimum atomic E-state index is -4.23. The van der Waals surface area contributed by atoms with E-state index in [1.165, 1.54) is 31.4 Å². The summed E-state index contributed by atoms with van der Waals surface area (Å²) in [5, 5.41) is 3.45. The fourth-order valence-electron chi connectivity index (χ4n) is 4.17. The maximum Gasteiger partial charge on any atom is 0.416 e. The highest BCUT2D eigenvalue weighted by molar-refractivity contribution is 6.32. The maximum atomic E-state index is 13.0. The molecule has 1 aliphatic rings. The van der Waals surface area contributed by atoms with Gasteiger partial charge in [-0.25, -0.2) is 19.2 Å². The van der Waals surface area contributed by atoms with Gasteiger partial charge in [-0.3, -0.25) is 0 Å². The van der Waals surface area contributed by atoms with Gasteiger partial charge in [-0.1, -0.05) is 23.7 Å². The third kappa shape index (κ3) is 6.65. The van der Waals surface area contributed by atoms with E-state index < -0.39 is 17.7 Å². The number of methoxy groups -OCH3 is 1. The minimum Gasteiger partial charge on any atom is -0.465 e. The van der Waals surface area contributed by atoms with Crippen molar-refractivity contribution in [3.63, 3.8) is 0 Å². The predicted molar refractivity (Wildman–Crippen MR) is 138 cm³/mol. The molecule has 0 bridgehead atoms. The van der Waals surface area contributed by atoms with Crippen molar-refractivity contribution < 1.29 is 27.1 Å². The third-order valence-corrected chi connectivity index (χ3v) is 6.47. The zero-order valence-electron chi connectivity index (χ0n) is 20.4. The Kier molecular flexibility index (Phi) is 8.58. The Balaban J connectivity index is 0.000000186. The number of hydrogen-bond acceptors (Lipinski definition) is 5. The van der Waals surface area contributed by atoms with Gasteiger partial charge in [0.1, 0.15) is 11.5 Å². The number of aromatic nitrogens is 2. The number of halogens is 5. The normalized spacial score (nSPS) is 14.1. The number of nitrogens with zero attached hydrogens (tertiary/aromatic N) is 2. The van der Waals surface area contributed by atoms with Gasteiger partial charge in [-0.15, -0.1) is 0 Å². The molecule has 1 aliphatic heterocycles. The highest BCUT2D eigenvalue weighted by Crippen LogP contribution is 2.32. The summed E-state index contributed by atoms with van der Waals surface area (Å²) < 4.78 is 54.8. The lowest BCUT2D eigenvalue weighted by molar-refractivity contribution is -0.137. The van der Waals surface area contributed by atoms with Crippen molar-refractivity contribution in [1.29, 1.82) is 0 Å². The van der Waals surface area contributed by atoms with Crippen molar-refractivity contribution in [2.75, 3.05) is 20.2 Å². The van der Waals surface area contributed by atoms with Gasteiger partial charge in [-0.05, 0) is 92.0 Å². The Morgan fingerprint density at radius 2 is 1.61 bits per heavy atom. The first-order valence-electron chi connectivity index (χ1n) is 11.8. The molecule has 1 fully saturated rings. The molecule has 38 heavy (non-hydrogen) atoms. The van der Waals surface area contributed by atoms with Crippen LogP contribution in [0.2, 0.25) is 5.15 Å². The van der Waals surface area contributed by atoms with Crippen LogP contribution in [-0.4, -0.2) is 36.1 Å². The molecular weight excluding hydrogens is 522 g/mol. The Bertz CT molecular complexity index is 1410. The van der Waals surface area contributed by atoms with E-state index in [0.29, 0.717) is 33.8 Å². The van der Waals surface area contributed by atoms with Crippen molar-refractivity contribution in [3.8, 4) is 11.3 Å². The Morgan fingerprint density at radius 3 is 2.21 bits per heavy atom. The van der Waals surface area contributed by atoms with Crippen molar-refractivity contribution in [3.05, 3.63) is 94.4 Å². The number of benzene rings is 3. The van der Waals surface area contributed by atoms with E-state index in [1.807, 2.05) is 0 Å². The average molecular weight is 546 g/mol. The van der Waals surface area contributed by atoms with E-state index in [-0.39, 0.29) is 11.0 Å². The number of piperidine rings is 1. The molecule has 0 atom stereocenters. The van der Waals surface area contributed by atoms with Gasteiger partial charge in [0.05, 0.1) is 29.3 Å². The van der Waals surface area contributed by atoms with Gasteiger partial charge in [0.15, 0.2) is 5.15 Å². The van der Waals surface area contributed by atoms with E-state index >= 15 is 0 Å². The van der Waals surface area contributed by atoms with Gasteiger partial charge < -0.3 is 10.1 Å². The molecular formula is C28H24ClF4N3O2. The zero-order valence-corrected chi connectivity index (χ0v) is 21.1. The van der Waals surface area contributed by atoms with E-state index in [0.717, 1.165) is 31.5 Å². The SMILES string of the molecule is COC(=O)c1ccc2nc(Cl)c(-c3ccc(F)cc3)nc2c1.FC(F)(F)c1ccc(C2CCNCC2)cc1. The molecule has 0 unspecified atom stereocenters. The quantitative estimate of drug-likeness (QED) is 0.221. The van der Waals surface area contributed by atoms with Crippen LogP contribution in [0.25, 0.3) is 22.3 Å². The van der Waals surface area contributed by atoms with Crippen LogP contribution in [0.4, 0.5) is 17.6 Å². The molecule has 4 aromatic rings. The lowest BCUT2D eigenvalue weighted by atomic mass is 9.90. The maximum absolute atomic E-state index is 13.0. The van der Waals surface area contributed by atoms with Crippen LogP contribution in [0.5, 0.6) is 0 Å². The minimum absolute atomic E-state index is 0.213. The van der Waals surface area contributed by atoms with Gasteiger partial charge in [0.2, 0.25) is 0 Å². The van der Waals surface area contributed by atoms with Crippen LogP contribution >= 0.6 is 11.6 Å². The number of fused-ring (bicyclic) bond motifs is 1. The number of hydrogen-bond donors (Lipinski definition) is 1. The van der Waals surface area contributed by atoms with Crippen LogP contribution < -0.4 is 5.32 Å². The van der Waals surface area contributed by atoms with Crippen molar-refractivity contribution >= 4 is 28.6 Å². The van der Waals surface area contributed by atoms with E-state index in [1.54, 1.807) is 42.5 Å². The lowest BCUT2D eigenvalue weighted by Gasteiger charge is -2.23. The second kappa shape index (κ2) is 11.9. The lowest BCUT2D eigenvalue weighted by Crippen LogP contribution is -2.26. The highest BCUT2D eigenvalue weighted by Gasteiger charge is 2.30. The molecule has 5 nitrogen and oxygen atoms in total. The van der Waals surface area contributed by atoms with Crippen LogP contribution in [0.3, 0.4) is 0 Å². The number of alkyl halides is 3. The van der Waals surface area contributed by atoms with Crippen LogP contribution in [0.15, 0.2) is 66.7 Å². The van der Waals surface area contributed by atoms with Gasteiger partial charge in [-0.2, -0.15) is 13.2 Å². The third-order valence-electron chi connectivity index (χ3n) is 6.21. The molecule has 198 valence electrons. The summed E-state index contributed by atoms with van der Waals surface area (Å²) in [6.07, 6.45) is -2.22. The van der Waals surface area contributed by atoms with Gasteiger partial charge in [0, 0.05) is 5.56 Å². The summed E-state index contributed by atoms with van der Waals surface area (Å²) in [6, 6.07) is 16.2. The van der Waals surface area contributed by atoms with Crippen LogP contribution in [0.1, 0.15) is 40.2 Å². The van der Waals surface area contributed by atoms with Crippen molar-refractivity contribution in [1.82, 2.24) is 15.3 Å². The van der Waals surface area contributed by atoms with E-state index in [9.17, 15) is 22.4 Å². The largest absolute Gasteiger partial charge is 0.465 e. The number of carbonyl (C=O) groups is 1. The standard InChI is InChI=1S/C16H10ClFN2O2.C12H14F3N/c1-22-16(21)10-4-7-12-13(8-10)19-14(15(17)20-12)9-2-5-11(18)6-3-9;13-12(14,15)11-3-1-9(2-4-11)10-5-7-16-8-6-10/h2-8H,1H3;1-4,10,16H,5-8H2. The summed E-state index contributed by atoms with van der Waals surface area (Å²) >= 11 is 6.15. The fraction of sp³-hybridized carbons (Fsp3) is 0.250. The monoisotopic (exact) mass is 545 g/mol. The van der Waals surface area contributed by atoms with Crippen molar-refractivity contribution in [2.24, 2.45) is 0 Å². The molecule has 1 saturated heterocycles. The molecule has 3 aromatic carbocycles. The molecule has 0 spiro atoms. The first-order chi connectivity index (χ1) is 18.2. The number of esters is 1. The van der Waals surface area contributed by atoms with Crippen molar-refractivity contribution in [2.45, 2.75) is 24.9 Å². The molecule has 0 aliphatic carbocycles. The highest BCUT2D eigenvalue weighted by atomic mass is 35.5. The van der Waals surface area contributed by atoms with Gasteiger partial charge >= 0.3 is 12.1 Å². The summed E-state index contributed by atoms with van der Waals surface area (Å²) in [6.45, 7) is 1.90. The number of nitrogens with one attached hydrogen (secondary N) is 1. The molecule has 1 N–H and O–H groups in total. The first-order valence-corrected chi connectivity index (χ1v) is 12.2. The zero-order chi connectivity index (χ0) is 27.3. The van der Waals surface area contributed by atoms with Gasteiger partial charge in [0.25, 0.3) is 0 Å². The summed E-state index contributed by atoms with van der Waals surface area (Å²) in [4.78, 5) is 20.3. The summed E-state index contributed by atoms with van der Waals surface area (Å²) in [7, 11) is 1.31. The smallest absolute Gasteiger partial charge is 0.416 e. The number of carbonyl (C=O) groups excluding carboxylic acids is 1. The molecule has 0 saturated carbocycles. The van der Waals surface area contributed by atoms with E-state index in [2.05, 4.69) is 20.0 Å². The Hall–Kier alpha value is -3.56. The molecule has 10 heteroatoms. The Labute approximate surface area is 221 Å². The average Bonchev–Trinajstić information content (AvgIpc) is 2.93. The van der Waals surface area contributed by atoms with Crippen LogP contribution in [0, 0.1) is 5.82 Å². The summed E-state index contributed by atoms with van der Waals surface area (Å²) in [5.74, 6) is -0.396. The number of rotatable bonds is 3. The first kappa shape index (κ1) is 27.5. The second-order valence-corrected chi connectivity index (χ2v) is 9.07. The number of ether oxygens (including phenoxy) is 1. The molecule has 0 radical (unpaired) electrons. The molecule has 1 aromatic heterocycles.